The SMILES string of the molecule is Cc1cc(C(N)=O)c(NC(=O)Cc2ccccc2[N+](=O)[O-])s1. The lowest BCUT2D eigenvalue weighted by Gasteiger charge is -2.05. The number of nitrogens with zero attached hydrogens (tertiary/aromatic N) is 1. The molecule has 0 spiro atoms. The second-order valence-corrected chi connectivity index (χ2v) is 5.83. The number of anilines is 1. The zero-order chi connectivity index (χ0) is 16.3. The highest BCUT2D eigenvalue weighted by molar-refractivity contribution is 7.16. The molecule has 0 atom stereocenters. The zero-order valence-electron chi connectivity index (χ0n) is 11.7. The number of thiophene rings is 1. The number of hydrogen-bond donors (Lipinski definition) is 2. The van der Waals surface area contributed by atoms with E-state index in [4.69, 9.17) is 5.73 Å². The van der Waals surface area contributed by atoms with E-state index in [0.29, 0.717) is 10.6 Å². The number of carbonyl (C=O) groups is 2. The molecule has 22 heavy (non-hydrogen) atoms. The smallest absolute Gasteiger partial charge is 0.273 e. The van der Waals surface area contributed by atoms with Crippen molar-refractivity contribution in [2.45, 2.75) is 13.3 Å². The van der Waals surface area contributed by atoms with Gasteiger partial charge in [0, 0.05) is 16.5 Å². The number of rotatable bonds is 5. The van der Waals surface area contributed by atoms with E-state index >= 15 is 0 Å². The van der Waals surface area contributed by atoms with E-state index in [1.807, 2.05) is 0 Å². The lowest BCUT2D eigenvalue weighted by atomic mass is 10.1. The molecule has 0 bridgehead atoms. The van der Waals surface area contributed by atoms with Gasteiger partial charge in [0.15, 0.2) is 0 Å². The summed E-state index contributed by atoms with van der Waals surface area (Å²) in [6.45, 7) is 1.79. The summed E-state index contributed by atoms with van der Waals surface area (Å²) < 4.78 is 0. The molecule has 1 heterocycles. The summed E-state index contributed by atoms with van der Waals surface area (Å²) in [5, 5.41) is 13.9. The first-order valence-electron chi connectivity index (χ1n) is 6.31. The van der Waals surface area contributed by atoms with Gasteiger partial charge < -0.3 is 11.1 Å². The first-order valence-corrected chi connectivity index (χ1v) is 7.12. The maximum absolute atomic E-state index is 12.1. The quantitative estimate of drug-likeness (QED) is 0.649. The highest BCUT2D eigenvalue weighted by atomic mass is 32.1. The van der Waals surface area contributed by atoms with Crippen LogP contribution in [0.3, 0.4) is 0 Å². The lowest BCUT2D eigenvalue weighted by Crippen LogP contribution is -2.18. The Hall–Kier alpha value is -2.74. The topological polar surface area (TPSA) is 115 Å². The van der Waals surface area contributed by atoms with E-state index in [-0.39, 0.29) is 17.7 Å². The van der Waals surface area contributed by atoms with Crippen molar-refractivity contribution >= 4 is 33.8 Å². The van der Waals surface area contributed by atoms with Gasteiger partial charge in [-0.25, -0.2) is 0 Å². The fraction of sp³-hybridized carbons (Fsp3) is 0.143. The molecule has 3 N–H and O–H groups in total. The summed E-state index contributed by atoms with van der Waals surface area (Å²) >= 11 is 1.23. The highest BCUT2D eigenvalue weighted by Crippen LogP contribution is 2.27. The molecule has 0 saturated carbocycles. The summed E-state index contributed by atoms with van der Waals surface area (Å²) in [7, 11) is 0. The van der Waals surface area contributed by atoms with Crippen molar-refractivity contribution in [2.24, 2.45) is 5.73 Å². The molecule has 7 nitrogen and oxygen atoms in total. The Balaban J connectivity index is 2.18. The molecule has 0 saturated heterocycles. The van der Waals surface area contributed by atoms with Crippen LogP contribution in [0.25, 0.3) is 0 Å². The average Bonchev–Trinajstić information content (AvgIpc) is 2.80. The van der Waals surface area contributed by atoms with E-state index in [1.165, 1.54) is 29.5 Å². The van der Waals surface area contributed by atoms with Gasteiger partial charge >= 0.3 is 0 Å². The van der Waals surface area contributed by atoms with Gasteiger partial charge in [-0.3, -0.25) is 19.7 Å². The van der Waals surface area contributed by atoms with Gasteiger partial charge in [0.25, 0.3) is 11.6 Å². The minimum absolute atomic E-state index is 0.116. The Bertz CT molecular complexity index is 754. The second kappa shape index (κ2) is 6.35. The number of primary amides is 1. The first kappa shape index (κ1) is 15.6. The van der Waals surface area contributed by atoms with Crippen molar-refractivity contribution in [1.82, 2.24) is 0 Å². The van der Waals surface area contributed by atoms with Crippen LogP contribution in [-0.4, -0.2) is 16.7 Å². The zero-order valence-corrected chi connectivity index (χ0v) is 12.5. The molecule has 2 rings (SSSR count). The van der Waals surface area contributed by atoms with Crippen LogP contribution in [0.1, 0.15) is 20.8 Å². The van der Waals surface area contributed by atoms with E-state index < -0.39 is 16.7 Å². The van der Waals surface area contributed by atoms with Gasteiger partial charge in [-0.2, -0.15) is 0 Å². The summed E-state index contributed by atoms with van der Waals surface area (Å²) in [6, 6.07) is 7.61. The number of aryl methyl sites for hydroxylation is 1. The maximum atomic E-state index is 12.1. The number of nitrogens with one attached hydrogen (secondary N) is 1. The normalized spacial score (nSPS) is 10.2. The van der Waals surface area contributed by atoms with Crippen molar-refractivity contribution in [2.75, 3.05) is 5.32 Å². The van der Waals surface area contributed by atoms with Crippen LogP contribution in [0, 0.1) is 17.0 Å². The van der Waals surface area contributed by atoms with Gasteiger partial charge in [-0.15, -0.1) is 11.3 Å². The predicted molar refractivity (Wildman–Crippen MR) is 83.0 cm³/mol. The Kier molecular flexibility index (Phi) is 4.52. The van der Waals surface area contributed by atoms with Gasteiger partial charge in [-0.1, -0.05) is 18.2 Å². The number of nitrogens with two attached hydrogens (primary N) is 1. The summed E-state index contributed by atoms with van der Waals surface area (Å²) in [5.74, 6) is -1.08. The number of nitro benzene ring substituents is 1. The lowest BCUT2D eigenvalue weighted by molar-refractivity contribution is -0.385. The third-order valence-electron chi connectivity index (χ3n) is 2.91. The Morgan fingerprint density at radius 2 is 2.05 bits per heavy atom. The molecular weight excluding hydrogens is 306 g/mol. The summed E-state index contributed by atoms with van der Waals surface area (Å²) in [6.07, 6.45) is -0.160. The van der Waals surface area contributed by atoms with Crippen molar-refractivity contribution in [1.29, 1.82) is 0 Å². The maximum Gasteiger partial charge on any atom is 0.273 e. The van der Waals surface area contributed by atoms with Crippen LogP contribution < -0.4 is 11.1 Å². The molecule has 2 amide bonds. The van der Waals surface area contributed by atoms with Crippen LogP contribution in [0.2, 0.25) is 0 Å². The molecule has 1 aromatic heterocycles. The van der Waals surface area contributed by atoms with Crippen LogP contribution in [-0.2, 0) is 11.2 Å². The van der Waals surface area contributed by atoms with Crippen molar-refractivity contribution in [3.63, 3.8) is 0 Å². The van der Waals surface area contributed by atoms with E-state index in [1.54, 1.807) is 19.1 Å². The van der Waals surface area contributed by atoms with Crippen LogP contribution in [0.4, 0.5) is 10.7 Å². The molecule has 0 aliphatic carbocycles. The molecule has 0 fully saturated rings. The van der Waals surface area contributed by atoms with Gasteiger partial charge in [0.05, 0.1) is 16.9 Å². The van der Waals surface area contributed by atoms with E-state index in [0.717, 1.165) is 4.88 Å². The standard InChI is InChI=1S/C14H13N3O4S/c1-8-6-10(13(15)19)14(22-8)16-12(18)7-9-4-2-3-5-11(9)17(20)21/h2-6H,7H2,1H3,(H2,15,19)(H,16,18). The number of carbonyl (C=O) groups excluding carboxylic acids is 2. The third-order valence-corrected chi connectivity index (χ3v) is 3.88. The highest BCUT2D eigenvalue weighted by Gasteiger charge is 2.18. The molecule has 8 heteroatoms. The second-order valence-electron chi connectivity index (χ2n) is 4.57. The van der Waals surface area contributed by atoms with Crippen molar-refractivity contribution in [3.8, 4) is 0 Å². The Labute approximate surface area is 129 Å². The number of benzene rings is 1. The van der Waals surface area contributed by atoms with Gasteiger partial charge in [-0.05, 0) is 13.0 Å². The largest absolute Gasteiger partial charge is 0.366 e. The number of para-hydroxylation sites is 1. The average molecular weight is 319 g/mol. The van der Waals surface area contributed by atoms with Crippen LogP contribution in [0.5, 0.6) is 0 Å². The fourth-order valence-corrected chi connectivity index (χ4v) is 2.91. The molecular formula is C14H13N3O4S. The summed E-state index contributed by atoms with van der Waals surface area (Å²) in [4.78, 5) is 34.6. The molecule has 1 aromatic carbocycles. The molecule has 2 aromatic rings. The van der Waals surface area contributed by atoms with Crippen molar-refractivity contribution in [3.05, 3.63) is 56.5 Å². The number of amides is 2. The van der Waals surface area contributed by atoms with E-state index in [2.05, 4.69) is 5.32 Å². The minimum Gasteiger partial charge on any atom is -0.366 e. The molecule has 0 aliphatic rings. The van der Waals surface area contributed by atoms with Gasteiger partial charge in [0.2, 0.25) is 5.91 Å². The summed E-state index contributed by atoms with van der Waals surface area (Å²) in [5.41, 5.74) is 5.67. The Morgan fingerprint density at radius 3 is 2.68 bits per heavy atom. The minimum atomic E-state index is -0.634. The Morgan fingerprint density at radius 1 is 1.36 bits per heavy atom. The van der Waals surface area contributed by atoms with Gasteiger partial charge in [0.1, 0.15) is 5.00 Å². The van der Waals surface area contributed by atoms with Crippen LogP contribution in [0.15, 0.2) is 30.3 Å². The number of hydrogen-bond acceptors (Lipinski definition) is 5. The monoisotopic (exact) mass is 319 g/mol. The third kappa shape index (κ3) is 3.47. The van der Waals surface area contributed by atoms with Crippen molar-refractivity contribution < 1.29 is 14.5 Å². The van der Waals surface area contributed by atoms with Crippen LogP contribution >= 0.6 is 11.3 Å². The molecule has 0 aliphatic heterocycles. The van der Waals surface area contributed by atoms with E-state index in [9.17, 15) is 19.7 Å². The first-order chi connectivity index (χ1) is 10.4. The molecule has 114 valence electrons. The molecule has 0 unspecified atom stereocenters. The fourth-order valence-electron chi connectivity index (χ4n) is 1.97. The predicted octanol–water partition coefficient (Wildman–Crippen LogP) is 2.24. The molecule has 0 radical (unpaired) electrons. The number of nitro groups is 1.